The number of hydrogen-bond acceptors (Lipinski definition) is 6. The molecule has 0 N–H and O–H groups in total. The van der Waals surface area contributed by atoms with Gasteiger partial charge in [-0.15, -0.1) is 0 Å². The van der Waals surface area contributed by atoms with Crippen molar-refractivity contribution in [2.45, 2.75) is 29.1 Å². The molecule has 2 aliphatic rings. The average Bonchev–Trinajstić information content (AvgIpc) is 3.93. The highest BCUT2D eigenvalue weighted by atomic mass is 32.2. The van der Waals surface area contributed by atoms with Gasteiger partial charge in [0.2, 0.25) is 15.8 Å². The smallest absolute Gasteiger partial charge is 0.238 e. The molecule has 0 unspecified atom stereocenters. The highest BCUT2D eigenvalue weighted by Gasteiger charge is 2.38. The Morgan fingerprint density at radius 3 is 1.85 bits per heavy atom. The number of pyridine rings is 1. The van der Waals surface area contributed by atoms with Gasteiger partial charge in [0.15, 0.2) is 11.6 Å². The molecule has 1 aliphatic heterocycles. The molecule has 318 valence electrons. The number of nitrogens with zero attached hydrogens (tertiary/aromatic N) is 5. The highest BCUT2D eigenvalue weighted by molar-refractivity contribution is 7.92. The third kappa shape index (κ3) is 5.99. The monoisotopic (exact) mass is 881 g/mol. The summed E-state index contributed by atoms with van der Waals surface area (Å²) in [5.74, 6) is 1.67. The van der Waals surface area contributed by atoms with Crippen LogP contribution in [0.15, 0.2) is 210 Å². The average molecular weight is 882 g/mol. The van der Waals surface area contributed by atoms with Crippen molar-refractivity contribution >= 4 is 31.6 Å². The van der Waals surface area contributed by atoms with E-state index in [1.807, 2.05) is 127 Å². The first-order valence-electron chi connectivity index (χ1n) is 22.4. The van der Waals surface area contributed by atoms with E-state index in [9.17, 15) is 8.42 Å². The van der Waals surface area contributed by atoms with Gasteiger partial charge < -0.3 is 0 Å². The Morgan fingerprint density at radius 2 is 1.09 bits per heavy atom. The van der Waals surface area contributed by atoms with Crippen molar-refractivity contribution in [3.63, 3.8) is 0 Å². The summed E-state index contributed by atoms with van der Waals surface area (Å²) in [6.45, 7) is 4.58. The second kappa shape index (κ2) is 14.6. The zero-order valence-corrected chi connectivity index (χ0v) is 37.3. The van der Waals surface area contributed by atoms with Gasteiger partial charge in [0.25, 0.3) is 0 Å². The Hall–Kier alpha value is -8.33. The molecule has 0 radical (unpaired) electrons. The first kappa shape index (κ1) is 39.1. The predicted octanol–water partition coefficient (Wildman–Crippen LogP) is 13.8. The molecular weight excluding hydrogens is 843 g/mol. The maximum atomic E-state index is 14.4. The van der Waals surface area contributed by atoms with Gasteiger partial charge in [0.1, 0.15) is 0 Å². The molecule has 4 heterocycles. The summed E-state index contributed by atoms with van der Waals surface area (Å²) in [5, 5.41) is 2.05. The quantitative estimate of drug-likeness (QED) is 0.165. The Balaban J connectivity index is 0.994. The Labute approximate surface area is 387 Å². The van der Waals surface area contributed by atoms with Crippen LogP contribution in [0.3, 0.4) is 0 Å². The SMILES string of the molecule is CC1(C)c2ccccc2-c2c1ccc1c3cc(-c4ccc5c(c4)S(=O)(=O)c4ccc(-c6cccc(-c7ccccn7)c6)cc4-5)ccc3n(-c3nc(-c4ccccc4)nc(-c4ccccc4)n3)c21. The van der Waals surface area contributed by atoms with Gasteiger partial charge in [0.05, 0.1) is 26.5 Å². The summed E-state index contributed by atoms with van der Waals surface area (Å²) in [6, 6.07) is 65.2. The topological polar surface area (TPSA) is 90.6 Å². The molecule has 0 spiro atoms. The molecule has 0 saturated heterocycles. The first-order valence-corrected chi connectivity index (χ1v) is 23.9. The van der Waals surface area contributed by atoms with E-state index in [1.165, 1.54) is 16.7 Å². The van der Waals surface area contributed by atoms with Crippen LogP contribution in [0.2, 0.25) is 0 Å². The summed E-state index contributed by atoms with van der Waals surface area (Å²) in [7, 11) is -3.79. The van der Waals surface area contributed by atoms with Crippen molar-refractivity contribution in [1.82, 2.24) is 24.5 Å². The number of rotatable bonds is 6. The summed E-state index contributed by atoms with van der Waals surface area (Å²) < 4.78 is 31.0. The summed E-state index contributed by atoms with van der Waals surface area (Å²) in [5.41, 5.74) is 15.3. The fourth-order valence-corrected chi connectivity index (χ4v) is 12.1. The fourth-order valence-electron chi connectivity index (χ4n) is 10.4. The lowest BCUT2D eigenvalue weighted by molar-refractivity contribution is 0.598. The van der Waals surface area contributed by atoms with Gasteiger partial charge in [-0.1, -0.05) is 159 Å². The molecule has 0 atom stereocenters. The van der Waals surface area contributed by atoms with Crippen LogP contribution < -0.4 is 0 Å². The summed E-state index contributed by atoms with van der Waals surface area (Å²) >= 11 is 0. The highest BCUT2D eigenvalue weighted by Crippen LogP contribution is 2.53. The molecule has 11 aromatic rings. The van der Waals surface area contributed by atoms with Gasteiger partial charge in [-0.25, -0.2) is 13.4 Å². The molecule has 0 fully saturated rings. The predicted molar refractivity (Wildman–Crippen MR) is 268 cm³/mol. The van der Waals surface area contributed by atoms with Crippen molar-refractivity contribution in [3.8, 4) is 84.5 Å². The Bertz CT molecular complexity index is 3900. The molecular formula is C59H39N5O2S. The van der Waals surface area contributed by atoms with E-state index >= 15 is 0 Å². The maximum absolute atomic E-state index is 14.4. The molecule has 7 nitrogen and oxygen atoms in total. The molecule has 67 heavy (non-hydrogen) atoms. The van der Waals surface area contributed by atoms with Crippen LogP contribution in [-0.4, -0.2) is 32.9 Å². The van der Waals surface area contributed by atoms with Crippen LogP contribution in [0, 0.1) is 0 Å². The number of hydrogen-bond donors (Lipinski definition) is 0. The zero-order chi connectivity index (χ0) is 45.0. The number of aromatic nitrogens is 5. The fraction of sp³-hybridized carbons (Fsp3) is 0.0508. The molecule has 0 bridgehead atoms. The molecule has 8 heteroatoms. The lowest BCUT2D eigenvalue weighted by atomic mass is 9.82. The molecule has 0 amide bonds. The van der Waals surface area contributed by atoms with Crippen LogP contribution in [0.5, 0.6) is 0 Å². The van der Waals surface area contributed by atoms with E-state index in [-0.39, 0.29) is 5.41 Å². The van der Waals surface area contributed by atoms with Crippen molar-refractivity contribution in [2.24, 2.45) is 0 Å². The van der Waals surface area contributed by atoms with Gasteiger partial charge in [-0.2, -0.15) is 9.97 Å². The van der Waals surface area contributed by atoms with E-state index in [0.717, 1.165) is 72.0 Å². The van der Waals surface area contributed by atoms with Crippen LogP contribution in [0.4, 0.5) is 0 Å². The molecule has 0 saturated carbocycles. The first-order chi connectivity index (χ1) is 32.7. The normalized spacial score (nSPS) is 13.9. The van der Waals surface area contributed by atoms with Crippen molar-refractivity contribution < 1.29 is 8.42 Å². The summed E-state index contributed by atoms with van der Waals surface area (Å²) in [6.07, 6.45) is 1.79. The molecule has 8 aromatic carbocycles. The van der Waals surface area contributed by atoms with E-state index in [0.29, 0.717) is 38.5 Å². The number of sulfone groups is 1. The minimum Gasteiger partial charge on any atom is -0.277 e. The standard InChI is InChI=1S/C59H39N5O2S/c1-59(2)48-21-10-9-20-45(48)54-49(59)28-27-44-46-33-39(24-29-51(46)64(55(44)54)58-62-56(36-14-5-3-6-15-36)61-57(63-58)37-16-7-4-8-17-37)41-23-26-43-47-34-40(25-30-52(47)67(65,66)53(43)35-41)38-18-13-19-42(32-38)50-22-11-12-31-60-50/h3-35H,1-2H3. The molecule has 13 rings (SSSR count). The Kier molecular flexibility index (Phi) is 8.51. The van der Waals surface area contributed by atoms with Crippen molar-refractivity contribution in [2.75, 3.05) is 0 Å². The Morgan fingerprint density at radius 1 is 0.448 bits per heavy atom. The van der Waals surface area contributed by atoms with Crippen LogP contribution in [0.1, 0.15) is 25.0 Å². The molecule has 1 aliphatic carbocycles. The van der Waals surface area contributed by atoms with E-state index in [4.69, 9.17) is 15.0 Å². The minimum atomic E-state index is -3.79. The third-order valence-corrected chi connectivity index (χ3v) is 15.5. The summed E-state index contributed by atoms with van der Waals surface area (Å²) in [4.78, 5) is 20.7. The maximum Gasteiger partial charge on any atom is 0.238 e. The largest absolute Gasteiger partial charge is 0.277 e. The number of benzene rings is 8. The number of fused-ring (bicyclic) bond motifs is 10. The van der Waals surface area contributed by atoms with Crippen LogP contribution >= 0.6 is 0 Å². The van der Waals surface area contributed by atoms with Gasteiger partial charge in [-0.05, 0) is 87.5 Å². The minimum absolute atomic E-state index is 0.242. The zero-order valence-electron chi connectivity index (χ0n) is 36.5. The third-order valence-electron chi connectivity index (χ3n) is 13.7. The second-order valence-corrected chi connectivity index (χ2v) is 19.7. The van der Waals surface area contributed by atoms with Gasteiger partial charge in [0, 0.05) is 55.8 Å². The van der Waals surface area contributed by atoms with E-state index < -0.39 is 9.84 Å². The van der Waals surface area contributed by atoms with Crippen molar-refractivity contribution in [3.05, 3.63) is 211 Å². The van der Waals surface area contributed by atoms with E-state index in [1.54, 1.807) is 12.3 Å². The van der Waals surface area contributed by atoms with Crippen LogP contribution in [0.25, 0.3) is 106 Å². The van der Waals surface area contributed by atoms with Gasteiger partial charge in [-0.3, -0.25) is 9.55 Å². The van der Waals surface area contributed by atoms with Crippen LogP contribution in [-0.2, 0) is 15.3 Å². The second-order valence-electron chi connectivity index (χ2n) is 17.9. The van der Waals surface area contributed by atoms with Gasteiger partial charge >= 0.3 is 0 Å². The molecule has 3 aromatic heterocycles. The lowest BCUT2D eigenvalue weighted by Gasteiger charge is -2.21. The van der Waals surface area contributed by atoms with Crippen molar-refractivity contribution in [1.29, 1.82) is 0 Å². The van der Waals surface area contributed by atoms with E-state index in [2.05, 4.69) is 84.1 Å². The lowest BCUT2D eigenvalue weighted by Crippen LogP contribution is -2.14.